The highest BCUT2D eigenvalue weighted by atomic mass is 19.4. The number of hydrogen-bond acceptors (Lipinski definition) is 4. The molecule has 1 aromatic heterocycles. The van der Waals surface area contributed by atoms with Gasteiger partial charge in [-0.15, -0.1) is 0 Å². The van der Waals surface area contributed by atoms with Crippen LogP contribution in [0, 0.1) is 0 Å². The number of anilines is 1. The van der Waals surface area contributed by atoms with E-state index >= 15 is 0 Å². The molecule has 0 saturated carbocycles. The van der Waals surface area contributed by atoms with Gasteiger partial charge in [0, 0.05) is 29.2 Å². The SMILES string of the molecule is CC(C)c1cc(Oc2c(C(F)(F)F)cc(NC(=O)c3ccncc3)cc2C(F)(F)F)ccc1O. The second-order valence-electron chi connectivity index (χ2n) is 7.56. The molecule has 0 aliphatic carbocycles. The van der Waals surface area contributed by atoms with E-state index in [0.717, 1.165) is 12.1 Å². The molecule has 0 saturated heterocycles. The van der Waals surface area contributed by atoms with Gasteiger partial charge >= 0.3 is 12.4 Å². The minimum atomic E-state index is -5.25. The number of halogens is 6. The highest BCUT2D eigenvalue weighted by molar-refractivity contribution is 6.04. The average molecular weight is 484 g/mol. The fourth-order valence-electron chi connectivity index (χ4n) is 3.12. The van der Waals surface area contributed by atoms with E-state index in [1.807, 2.05) is 0 Å². The van der Waals surface area contributed by atoms with Gasteiger partial charge in [-0.25, -0.2) is 0 Å². The molecule has 0 aliphatic heterocycles. The second kappa shape index (κ2) is 9.24. The number of carbonyl (C=O) groups is 1. The molecule has 2 aromatic carbocycles. The van der Waals surface area contributed by atoms with Crippen molar-refractivity contribution >= 4 is 11.6 Å². The Morgan fingerprint density at radius 2 is 1.50 bits per heavy atom. The van der Waals surface area contributed by atoms with Crippen molar-refractivity contribution in [2.24, 2.45) is 0 Å². The summed E-state index contributed by atoms with van der Waals surface area (Å²) in [6.45, 7) is 3.36. The van der Waals surface area contributed by atoms with Crippen LogP contribution < -0.4 is 10.1 Å². The number of pyridine rings is 1. The molecule has 0 spiro atoms. The maximum Gasteiger partial charge on any atom is 0.420 e. The quantitative estimate of drug-likeness (QED) is 0.383. The largest absolute Gasteiger partial charge is 0.508 e. The number of ether oxygens (including phenoxy) is 1. The minimum Gasteiger partial charge on any atom is -0.508 e. The Labute approximate surface area is 190 Å². The van der Waals surface area contributed by atoms with Crippen LogP contribution in [0.25, 0.3) is 0 Å². The van der Waals surface area contributed by atoms with Crippen molar-refractivity contribution in [3.8, 4) is 17.2 Å². The summed E-state index contributed by atoms with van der Waals surface area (Å²) >= 11 is 0. The summed E-state index contributed by atoms with van der Waals surface area (Å²) in [5.74, 6) is -3.17. The van der Waals surface area contributed by atoms with Crippen LogP contribution in [0.1, 0.15) is 46.8 Å². The molecule has 3 rings (SSSR count). The van der Waals surface area contributed by atoms with E-state index in [1.165, 1.54) is 30.6 Å². The van der Waals surface area contributed by atoms with Crippen LogP contribution >= 0.6 is 0 Å². The van der Waals surface area contributed by atoms with Crippen molar-refractivity contribution in [2.75, 3.05) is 5.32 Å². The van der Waals surface area contributed by atoms with Crippen molar-refractivity contribution in [2.45, 2.75) is 32.1 Å². The van der Waals surface area contributed by atoms with E-state index in [0.29, 0.717) is 12.1 Å². The van der Waals surface area contributed by atoms with Crippen molar-refractivity contribution in [3.63, 3.8) is 0 Å². The molecule has 0 atom stereocenters. The van der Waals surface area contributed by atoms with E-state index in [-0.39, 0.29) is 28.5 Å². The molecule has 180 valence electrons. The monoisotopic (exact) mass is 484 g/mol. The van der Waals surface area contributed by atoms with Crippen molar-refractivity contribution < 1.29 is 41.0 Å². The fourth-order valence-corrected chi connectivity index (χ4v) is 3.12. The summed E-state index contributed by atoms with van der Waals surface area (Å²) in [7, 11) is 0. The van der Waals surface area contributed by atoms with Crippen LogP contribution in [-0.4, -0.2) is 16.0 Å². The van der Waals surface area contributed by atoms with Crippen LogP contribution in [0.3, 0.4) is 0 Å². The zero-order chi connectivity index (χ0) is 25.3. The third-order valence-electron chi connectivity index (χ3n) is 4.74. The number of amides is 1. The first-order chi connectivity index (χ1) is 15.8. The predicted molar refractivity (Wildman–Crippen MR) is 111 cm³/mol. The van der Waals surface area contributed by atoms with Crippen molar-refractivity contribution in [3.05, 3.63) is 77.1 Å². The summed E-state index contributed by atoms with van der Waals surface area (Å²) in [6.07, 6.45) is -8.00. The zero-order valence-electron chi connectivity index (χ0n) is 17.8. The number of alkyl halides is 6. The second-order valence-corrected chi connectivity index (χ2v) is 7.56. The predicted octanol–water partition coefficient (Wildman–Crippen LogP) is 6.99. The molecule has 1 heterocycles. The van der Waals surface area contributed by atoms with Gasteiger partial charge in [-0.2, -0.15) is 26.3 Å². The van der Waals surface area contributed by atoms with Crippen molar-refractivity contribution in [1.29, 1.82) is 0 Å². The van der Waals surface area contributed by atoms with E-state index in [2.05, 4.69) is 10.3 Å². The number of phenols is 1. The maximum absolute atomic E-state index is 13.8. The molecule has 3 aromatic rings. The minimum absolute atomic E-state index is 0.0113. The van der Waals surface area contributed by atoms with Gasteiger partial charge in [0.2, 0.25) is 0 Å². The molecule has 11 heteroatoms. The molecule has 0 bridgehead atoms. The Kier molecular flexibility index (Phi) is 6.76. The zero-order valence-corrected chi connectivity index (χ0v) is 17.8. The lowest BCUT2D eigenvalue weighted by atomic mass is 10.0. The lowest BCUT2D eigenvalue weighted by Crippen LogP contribution is -2.17. The van der Waals surface area contributed by atoms with Gasteiger partial charge in [0.15, 0.2) is 5.75 Å². The van der Waals surface area contributed by atoms with E-state index in [4.69, 9.17) is 4.74 Å². The standard InChI is InChI=1S/C23H18F6N2O3/c1-12(2)16-11-15(3-4-19(16)32)34-20-17(22(24,25)26)9-14(10-18(20)23(27,28)29)31-21(33)13-5-7-30-8-6-13/h3-12,32H,1-2H3,(H,31,33). The molecule has 0 radical (unpaired) electrons. The first-order valence-corrected chi connectivity index (χ1v) is 9.82. The van der Waals surface area contributed by atoms with Gasteiger partial charge in [-0.1, -0.05) is 13.8 Å². The highest BCUT2D eigenvalue weighted by Gasteiger charge is 2.43. The first kappa shape index (κ1) is 24.9. The molecule has 2 N–H and O–H groups in total. The Morgan fingerprint density at radius 1 is 0.941 bits per heavy atom. The summed E-state index contributed by atoms with van der Waals surface area (Å²) in [4.78, 5) is 16.0. The van der Waals surface area contributed by atoms with Gasteiger partial charge in [-0.3, -0.25) is 9.78 Å². The third-order valence-corrected chi connectivity index (χ3v) is 4.74. The van der Waals surface area contributed by atoms with E-state index in [9.17, 15) is 36.2 Å². The van der Waals surface area contributed by atoms with Crippen LogP contribution in [0.4, 0.5) is 32.0 Å². The lowest BCUT2D eigenvalue weighted by molar-refractivity contribution is -0.144. The molecule has 34 heavy (non-hydrogen) atoms. The number of nitrogens with zero attached hydrogens (tertiary/aromatic N) is 1. The van der Waals surface area contributed by atoms with E-state index < -0.39 is 40.8 Å². The van der Waals surface area contributed by atoms with Crippen LogP contribution in [-0.2, 0) is 12.4 Å². The first-order valence-electron chi connectivity index (χ1n) is 9.82. The van der Waals surface area contributed by atoms with Crippen LogP contribution in [0.15, 0.2) is 54.9 Å². The molecular formula is C23H18F6N2O3. The Hall–Kier alpha value is -3.76. The number of aromatic hydroxyl groups is 1. The normalized spacial score (nSPS) is 12.0. The van der Waals surface area contributed by atoms with Crippen LogP contribution in [0.5, 0.6) is 17.2 Å². The van der Waals surface area contributed by atoms with Gasteiger partial charge < -0.3 is 15.2 Å². The third kappa shape index (κ3) is 5.59. The Morgan fingerprint density at radius 3 is 2.00 bits per heavy atom. The topological polar surface area (TPSA) is 71.5 Å². The number of rotatable bonds is 5. The van der Waals surface area contributed by atoms with Gasteiger partial charge in [-0.05, 0) is 48.4 Å². The number of nitrogens with one attached hydrogen (secondary N) is 1. The smallest absolute Gasteiger partial charge is 0.420 e. The summed E-state index contributed by atoms with van der Waals surface area (Å²) < 4.78 is 88.0. The summed E-state index contributed by atoms with van der Waals surface area (Å²) in [6, 6.07) is 6.58. The molecule has 0 aliphatic rings. The summed E-state index contributed by atoms with van der Waals surface area (Å²) in [5, 5.41) is 11.9. The lowest BCUT2D eigenvalue weighted by Gasteiger charge is -2.21. The van der Waals surface area contributed by atoms with Crippen LogP contribution in [0.2, 0.25) is 0 Å². The summed E-state index contributed by atoms with van der Waals surface area (Å²) in [5.41, 5.74) is -3.91. The molecule has 1 amide bonds. The Bertz CT molecular complexity index is 1160. The van der Waals surface area contributed by atoms with Crippen molar-refractivity contribution in [1.82, 2.24) is 4.98 Å². The number of carbonyl (C=O) groups excluding carboxylic acids is 1. The molecular weight excluding hydrogens is 466 g/mol. The molecule has 0 unspecified atom stereocenters. The van der Waals surface area contributed by atoms with E-state index in [1.54, 1.807) is 13.8 Å². The average Bonchev–Trinajstić information content (AvgIpc) is 2.74. The fraction of sp³-hybridized carbons (Fsp3) is 0.217. The number of phenolic OH excluding ortho intramolecular Hbond substituents is 1. The molecule has 5 nitrogen and oxygen atoms in total. The number of aromatic nitrogens is 1. The van der Waals surface area contributed by atoms with Gasteiger partial charge in [0.05, 0.1) is 0 Å². The maximum atomic E-state index is 13.8. The molecule has 0 fully saturated rings. The Balaban J connectivity index is 2.13. The van der Waals surface area contributed by atoms with Gasteiger partial charge in [0.1, 0.15) is 22.6 Å². The van der Waals surface area contributed by atoms with Gasteiger partial charge in [0.25, 0.3) is 5.91 Å². The number of hydrogen-bond donors (Lipinski definition) is 2. The number of benzene rings is 2. The highest BCUT2D eigenvalue weighted by Crippen LogP contribution is 2.48.